The Hall–Kier alpha value is -2.95. The van der Waals surface area contributed by atoms with E-state index >= 15 is 0 Å². The van der Waals surface area contributed by atoms with Crippen LogP contribution in [0.25, 0.3) is 22.2 Å². The fraction of sp³-hybridized carbons (Fsp3) is 0.273. The third-order valence-electron chi connectivity index (χ3n) is 5.51. The number of halogens is 1. The number of rotatable bonds is 4. The molecule has 1 aliphatic carbocycles. The summed E-state index contributed by atoms with van der Waals surface area (Å²) >= 11 is 0. The summed E-state index contributed by atoms with van der Waals surface area (Å²) in [6.45, 7) is 0. The second kappa shape index (κ2) is 6.99. The molecule has 0 radical (unpaired) electrons. The fourth-order valence-corrected chi connectivity index (χ4v) is 4.24. The molecule has 3 aromatic rings. The zero-order valence-corrected chi connectivity index (χ0v) is 14.8. The summed E-state index contributed by atoms with van der Waals surface area (Å²) in [7, 11) is 0. The first-order valence-electron chi connectivity index (χ1n) is 9.22. The Morgan fingerprint density at radius 1 is 1.11 bits per heavy atom. The minimum absolute atomic E-state index is 0.209. The number of aromatic carboxylic acids is 1. The van der Waals surface area contributed by atoms with Gasteiger partial charge >= 0.3 is 5.97 Å². The largest absolute Gasteiger partial charge is 0.478 e. The summed E-state index contributed by atoms with van der Waals surface area (Å²) < 4.78 is 13.6. The maximum Gasteiger partial charge on any atom is 0.335 e. The molecular formula is C22H20FNO3. The van der Waals surface area contributed by atoms with E-state index in [1.54, 1.807) is 18.2 Å². The zero-order chi connectivity index (χ0) is 19.0. The van der Waals surface area contributed by atoms with Crippen molar-refractivity contribution in [3.8, 4) is 11.3 Å². The molecule has 1 aromatic heterocycles. The van der Waals surface area contributed by atoms with Gasteiger partial charge in [0.2, 0.25) is 0 Å². The highest BCUT2D eigenvalue weighted by Crippen LogP contribution is 2.43. The number of aldehydes is 1. The number of carbonyl (C=O) groups excluding carboxylic acids is 1. The quantitative estimate of drug-likeness (QED) is 0.597. The van der Waals surface area contributed by atoms with Crippen molar-refractivity contribution < 1.29 is 19.1 Å². The average Bonchev–Trinajstić information content (AvgIpc) is 3.06. The van der Waals surface area contributed by atoms with E-state index in [4.69, 9.17) is 0 Å². The molecule has 2 aromatic carbocycles. The van der Waals surface area contributed by atoms with Gasteiger partial charge in [-0.15, -0.1) is 0 Å². The Kier molecular flexibility index (Phi) is 4.52. The minimum Gasteiger partial charge on any atom is -0.478 e. The summed E-state index contributed by atoms with van der Waals surface area (Å²) in [6.07, 6.45) is 6.28. The van der Waals surface area contributed by atoms with Crippen LogP contribution in [0.2, 0.25) is 0 Å². The van der Waals surface area contributed by atoms with Crippen molar-refractivity contribution in [1.82, 2.24) is 4.98 Å². The Bertz CT molecular complexity index is 1030. The number of nitrogens with one attached hydrogen (secondary N) is 1. The van der Waals surface area contributed by atoms with Gasteiger partial charge in [0.25, 0.3) is 0 Å². The predicted molar refractivity (Wildman–Crippen MR) is 102 cm³/mol. The average molecular weight is 365 g/mol. The lowest BCUT2D eigenvalue weighted by Crippen LogP contribution is -2.06. The molecular weight excluding hydrogens is 345 g/mol. The van der Waals surface area contributed by atoms with Crippen LogP contribution in [0.3, 0.4) is 0 Å². The molecule has 138 valence electrons. The third kappa shape index (κ3) is 3.14. The van der Waals surface area contributed by atoms with Crippen molar-refractivity contribution in [2.24, 2.45) is 0 Å². The van der Waals surface area contributed by atoms with Gasteiger partial charge in [-0.3, -0.25) is 4.79 Å². The van der Waals surface area contributed by atoms with Crippen molar-refractivity contribution in [3.05, 3.63) is 58.9 Å². The van der Waals surface area contributed by atoms with E-state index < -0.39 is 11.8 Å². The second-order valence-electron chi connectivity index (χ2n) is 7.16. The van der Waals surface area contributed by atoms with E-state index in [-0.39, 0.29) is 11.1 Å². The molecule has 27 heavy (non-hydrogen) atoms. The fourth-order valence-electron chi connectivity index (χ4n) is 4.24. The topological polar surface area (TPSA) is 70.2 Å². The first kappa shape index (κ1) is 17.5. The lowest BCUT2D eigenvalue weighted by Gasteiger charge is -2.23. The molecule has 4 nitrogen and oxygen atoms in total. The van der Waals surface area contributed by atoms with Crippen LogP contribution in [-0.2, 0) is 0 Å². The van der Waals surface area contributed by atoms with Crippen molar-refractivity contribution in [2.75, 3.05) is 0 Å². The molecule has 1 aliphatic rings. The summed E-state index contributed by atoms with van der Waals surface area (Å²) in [5.41, 5.74) is 3.78. The Morgan fingerprint density at radius 3 is 2.59 bits per heavy atom. The highest BCUT2D eigenvalue weighted by atomic mass is 19.1. The number of hydrogen-bond acceptors (Lipinski definition) is 2. The van der Waals surface area contributed by atoms with E-state index in [0.717, 1.165) is 47.8 Å². The molecule has 0 bridgehead atoms. The lowest BCUT2D eigenvalue weighted by molar-refractivity contribution is 0.0697. The number of carboxylic acid groups (broad SMARTS) is 1. The Balaban J connectivity index is 1.97. The van der Waals surface area contributed by atoms with E-state index in [0.29, 0.717) is 17.8 Å². The molecule has 0 unspecified atom stereocenters. The zero-order valence-electron chi connectivity index (χ0n) is 14.8. The van der Waals surface area contributed by atoms with Crippen LogP contribution in [0, 0.1) is 5.82 Å². The standard InChI is InChI=1S/C22H20FNO3/c23-16-7-9-17(15(10-16)12-25)21-20(13-4-2-1-3-5-13)18-8-6-14(22(26)27)11-19(18)24-21/h6-13,24H,1-5H2,(H,26,27). The van der Waals surface area contributed by atoms with Crippen molar-refractivity contribution in [1.29, 1.82) is 0 Å². The molecule has 0 amide bonds. The van der Waals surface area contributed by atoms with Gasteiger partial charge in [-0.1, -0.05) is 25.3 Å². The van der Waals surface area contributed by atoms with Gasteiger partial charge in [0.1, 0.15) is 5.82 Å². The smallest absolute Gasteiger partial charge is 0.335 e. The van der Waals surface area contributed by atoms with Gasteiger partial charge in [-0.05, 0) is 54.7 Å². The molecule has 0 saturated heterocycles. The first-order valence-corrected chi connectivity index (χ1v) is 9.22. The predicted octanol–water partition coefficient (Wildman–Crippen LogP) is 5.53. The minimum atomic E-state index is -0.984. The number of carboxylic acids is 1. The highest BCUT2D eigenvalue weighted by molar-refractivity contribution is 5.99. The molecule has 1 heterocycles. The number of H-pyrrole nitrogens is 1. The van der Waals surface area contributed by atoms with Crippen LogP contribution in [0.5, 0.6) is 0 Å². The van der Waals surface area contributed by atoms with Crippen LogP contribution in [0.4, 0.5) is 4.39 Å². The molecule has 0 atom stereocenters. The summed E-state index contributed by atoms with van der Waals surface area (Å²) in [4.78, 5) is 26.2. The van der Waals surface area contributed by atoms with Crippen LogP contribution in [-0.4, -0.2) is 22.3 Å². The van der Waals surface area contributed by atoms with Gasteiger partial charge in [-0.2, -0.15) is 0 Å². The second-order valence-corrected chi connectivity index (χ2v) is 7.16. The van der Waals surface area contributed by atoms with Gasteiger partial charge in [-0.25, -0.2) is 9.18 Å². The summed E-state index contributed by atoms with van der Waals surface area (Å²) in [5.74, 6) is -1.10. The number of aromatic nitrogens is 1. The SMILES string of the molecule is O=Cc1cc(F)ccc1-c1[nH]c2cc(C(=O)O)ccc2c1C1CCCCC1. The van der Waals surface area contributed by atoms with E-state index in [1.165, 1.54) is 18.6 Å². The van der Waals surface area contributed by atoms with E-state index in [1.807, 2.05) is 6.07 Å². The van der Waals surface area contributed by atoms with E-state index in [9.17, 15) is 19.1 Å². The van der Waals surface area contributed by atoms with Crippen molar-refractivity contribution in [3.63, 3.8) is 0 Å². The Morgan fingerprint density at radius 2 is 1.89 bits per heavy atom. The third-order valence-corrected chi connectivity index (χ3v) is 5.51. The summed E-state index contributed by atoms with van der Waals surface area (Å²) in [6, 6.07) is 9.28. The Labute approximate surface area is 156 Å². The molecule has 1 saturated carbocycles. The van der Waals surface area contributed by atoms with Crippen molar-refractivity contribution in [2.45, 2.75) is 38.0 Å². The van der Waals surface area contributed by atoms with Gasteiger partial charge in [0, 0.05) is 22.0 Å². The summed E-state index contributed by atoms with van der Waals surface area (Å²) in [5, 5.41) is 10.3. The maximum atomic E-state index is 13.6. The highest BCUT2D eigenvalue weighted by Gasteiger charge is 2.25. The number of carbonyl (C=O) groups is 2. The molecule has 5 heteroatoms. The normalized spacial score (nSPS) is 15.1. The molecule has 1 fully saturated rings. The van der Waals surface area contributed by atoms with Gasteiger partial charge < -0.3 is 10.1 Å². The number of fused-ring (bicyclic) bond motifs is 1. The first-order chi connectivity index (χ1) is 13.1. The number of hydrogen-bond donors (Lipinski definition) is 2. The number of aromatic amines is 1. The monoisotopic (exact) mass is 365 g/mol. The lowest BCUT2D eigenvalue weighted by atomic mass is 9.81. The van der Waals surface area contributed by atoms with Gasteiger partial charge in [0.05, 0.1) is 11.3 Å². The van der Waals surface area contributed by atoms with Crippen molar-refractivity contribution >= 4 is 23.2 Å². The van der Waals surface area contributed by atoms with Crippen LogP contribution in [0.1, 0.15) is 64.3 Å². The molecule has 0 spiro atoms. The van der Waals surface area contributed by atoms with E-state index in [2.05, 4.69) is 4.98 Å². The van der Waals surface area contributed by atoms with Gasteiger partial charge in [0.15, 0.2) is 6.29 Å². The maximum absolute atomic E-state index is 13.6. The molecule has 2 N–H and O–H groups in total. The molecule has 0 aliphatic heterocycles. The van der Waals surface area contributed by atoms with Crippen LogP contribution >= 0.6 is 0 Å². The molecule has 4 rings (SSSR count). The van der Waals surface area contributed by atoms with Crippen LogP contribution in [0.15, 0.2) is 36.4 Å². The number of benzene rings is 2. The van der Waals surface area contributed by atoms with Crippen LogP contribution < -0.4 is 0 Å².